The number of aromatic nitrogens is 1. The van der Waals surface area contributed by atoms with E-state index in [1.165, 1.54) is 11.1 Å². The van der Waals surface area contributed by atoms with E-state index in [1.54, 1.807) is 18.4 Å². The molecule has 0 N–H and O–H groups in total. The molecule has 0 aliphatic carbocycles. The number of benzene rings is 3. The minimum absolute atomic E-state index is 0.134. The number of aryl methyl sites for hydroxylation is 1. The summed E-state index contributed by atoms with van der Waals surface area (Å²) in [6, 6.07) is 22.5. The van der Waals surface area contributed by atoms with Gasteiger partial charge in [0.15, 0.2) is 5.13 Å². The van der Waals surface area contributed by atoms with Gasteiger partial charge in [-0.15, -0.1) is 0 Å². The number of carbonyl (C=O) groups excluding carboxylic acids is 1. The van der Waals surface area contributed by atoms with E-state index in [2.05, 4.69) is 40.1 Å². The zero-order chi connectivity index (χ0) is 23.9. The summed E-state index contributed by atoms with van der Waals surface area (Å²) in [5, 5.41) is 1.11. The Labute approximate surface area is 210 Å². The van der Waals surface area contributed by atoms with Gasteiger partial charge in [-0.1, -0.05) is 53.3 Å². The fraction of sp³-hybridized carbons (Fsp3) is 0.310. The van der Waals surface area contributed by atoms with Crippen LogP contribution < -0.4 is 9.64 Å². The van der Waals surface area contributed by atoms with Crippen molar-refractivity contribution in [2.45, 2.75) is 13.3 Å². The molecule has 2 bridgehead atoms. The van der Waals surface area contributed by atoms with Crippen molar-refractivity contribution in [2.75, 3.05) is 38.2 Å². The molecule has 0 saturated carbocycles. The van der Waals surface area contributed by atoms with Crippen LogP contribution in [0.15, 0.2) is 66.7 Å². The summed E-state index contributed by atoms with van der Waals surface area (Å²) >= 11 is 1.77. The number of hydrogen-bond acceptors (Lipinski definition) is 5. The van der Waals surface area contributed by atoms with Crippen LogP contribution in [0.5, 0.6) is 5.75 Å². The third kappa shape index (κ3) is 4.27. The molecule has 2 atom stereocenters. The summed E-state index contributed by atoms with van der Waals surface area (Å²) in [6.45, 7) is 5.55. The first-order chi connectivity index (χ1) is 17.1. The Morgan fingerprint density at radius 3 is 2.54 bits per heavy atom. The number of thiazole rings is 1. The fourth-order valence-corrected chi connectivity index (χ4v) is 6.63. The van der Waals surface area contributed by atoms with Crippen LogP contribution in [-0.2, 0) is 0 Å². The van der Waals surface area contributed by atoms with Crippen molar-refractivity contribution in [3.05, 3.63) is 77.9 Å². The minimum atomic E-state index is 0.134. The second-order valence-electron chi connectivity index (χ2n) is 9.83. The van der Waals surface area contributed by atoms with E-state index >= 15 is 0 Å². The van der Waals surface area contributed by atoms with Crippen LogP contribution in [0.4, 0.5) is 5.13 Å². The molecule has 5 nitrogen and oxygen atoms in total. The number of carbonyl (C=O) groups is 1. The number of fused-ring (bicyclic) bond motifs is 3. The first-order valence-electron chi connectivity index (χ1n) is 12.2. The van der Waals surface area contributed by atoms with Crippen LogP contribution in [0.25, 0.3) is 21.3 Å². The number of rotatable bonds is 4. The predicted molar refractivity (Wildman–Crippen MR) is 143 cm³/mol. The molecule has 3 aromatic carbocycles. The lowest BCUT2D eigenvalue weighted by molar-refractivity contribution is 0.0565. The normalized spacial score (nSPS) is 19.7. The number of likely N-dealkylation sites (tertiary alicyclic amines) is 1. The third-order valence-electron chi connectivity index (χ3n) is 7.21. The number of hydrogen-bond donors (Lipinski definition) is 0. The maximum absolute atomic E-state index is 13.9. The molecule has 1 amide bonds. The smallest absolute Gasteiger partial charge is 0.254 e. The van der Waals surface area contributed by atoms with Gasteiger partial charge in [-0.2, -0.15) is 0 Å². The summed E-state index contributed by atoms with van der Waals surface area (Å²) in [6.07, 6.45) is 1.18. The summed E-state index contributed by atoms with van der Waals surface area (Å²) in [7, 11) is 1.67. The van der Waals surface area contributed by atoms with Gasteiger partial charge in [-0.3, -0.25) is 4.79 Å². The van der Waals surface area contributed by atoms with Crippen molar-refractivity contribution >= 4 is 32.6 Å². The van der Waals surface area contributed by atoms with Crippen molar-refractivity contribution in [2.24, 2.45) is 11.8 Å². The van der Waals surface area contributed by atoms with Crippen LogP contribution in [0.3, 0.4) is 0 Å². The molecule has 3 heterocycles. The molecular formula is C29H29N3O2S. The molecule has 2 aliphatic heterocycles. The number of para-hydroxylation sites is 1. The van der Waals surface area contributed by atoms with Gasteiger partial charge in [-0.05, 0) is 66.6 Å². The number of methoxy groups -OCH3 is 1. The number of ether oxygens (including phenoxy) is 1. The largest absolute Gasteiger partial charge is 0.497 e. The number of amides is 1. The van der Waals surface area contributed by atoms with E-state index in [1.807, 2.05) is 43.3 Å². The molecule has 178 valence electrons. The molecule has 4 aromatic rings. The van der Waals surface area contributed by atoms with Crippen molar-refractivity contribution < 1.29 is 9.53 Å². The Morgan fingerprint density at radius 1 is 0.971 bits per heavy atom. The third-order valence-corrected chi connectivity index (χ3v) is 8.30. The minimum Gasteiger partial charge on any atom is -0.497 e. The summed E-state index contributed by atoms with van der Waals surface area (Å²) in [5.74, 6) is 1.85. The molecule has 0 spiro atoms. The Hall–Kier alpha value is -3.38. The van der Waals surface area contributed by atoms with Gasteiger partial charge < -0.3 is 14.5 Å². The monoisotopic (exact) mass is 483 g/mol. The van der Waals surface area contributed by atoms with E-state index < -0.39 is 0 Å². The Kier molecular flexibility index (Phi) is 5.69. The highest BCUT2D eigenvalue weighted by Gasteiger charge is 2.37. The molecule has 0 radical (unpaired) electrons. The molecule has 6 heteroatoms. The maximum atomic E-state index is 13.9. The molecule has 6 rings (SSSR count). The van der Waals surface area contributed by atoms with Crippen molar-refractivity contribution in [1.29, 1.82) is 0 Å². The average molecular weight is 484 g/mol. The lowest BCUT2D eigenvalue weighted by Gasteiger charge is -2.46. The standard InChI is InChI=1S/C29H29N3O2S/c1-19-10-11-24(22-6-5-7-23(14-22)34-2)25(12-19)28(33)31-15-20-13-21(16-31)18-32(17-20)29-30-26-8-3-4-9-27(26)35-29/h3-12,14,20-21H,13,15-18H2,1-2H3. The zero-order valence-corrected chi connectivity index (χ0v) is 20.9. The van der Waals surface area contributed by atoms with E-state index in [4.69, 9.17) is 9.72 Å². The summed E-state index contributed by atoms with van der Waals surface area (Å²) < 4.78 is 6.66. The first-order valence-corrected chi connectivity index (χ1v) is 13.0. The van der Waals surface area contributed by atoms with Crippen LogP contribution >= 0.6 is 11.3 Å². The Balaban J connectivity index is 1.24. The molecule has 1 aromatic heterocycles. The first kappa shape index (κ1) is 22.1. The van der Waals surface area contributed by atoms with E-state index in [0.29, 0.717) is 11.8 Å². The van der Waals surface area contributed by atoms with Crippen molar-refractivity contribution in [1.82, 2.24) is 9.88 Å². The van der Waals surface area contributed by atoms with Crippen LogP contribution in [0, 0.1) is 18.8 Å². The van der Waals surface area contributed by atoms with Gasteiger partial charge in [-0.25, -0.2) is 4.98 Å². The highest BCUT2D eigenvalue weighted by molar-refractivity contribution is 7.22. The van der Waals surface area contributed by atoms with Gasteiger partial charge in [0.05, 0.1) is 17.3 Å². The highest BCUT2D eigenvalue weighted by Crippen LogP contribution is 2.36. The lowest BCUT2D eigenvalue weighted by atomic mass is 9.84. The molecule has 2 saturated heterocycles. The maximum Gasteiger partial charge on any atom is 0.254 e. The number of anilines is 1. The predicted octanol–water partition coefficient (Wildman–Crippen LogP) is 5.88. The number of nitrogens with zero attached hydrogens (tertiary/aromatic N) is 3. The van der Waals surface area contributed by atoms with Crippen LogP contribution in [0.2, 0.25) is 0 Å². The van der Waals surface area contributed by atoms with Gasteiger partial charge in [0.25, 0.3) is 5.91 Å². The topological polar surface area (TPSA) is 45.7 Å². The van der Waals surface area contributed by atoms with Gasteiger partial charge in [0, 0.05) is 31.7 Å². The summed E-state index contributed by atoms with van der Waals surface area (Å²) in [4.78, 5) is 23.3. The number of piperidine rings is 2. The van der Waals surface area contributed by atoms with Crippen LogP contribution in [-0.4, -0.2) is 49.1 Å². The molecule has 35 heavy (non-hydrogen) atoms. The molecule has 2 fully saturated rings. The average Bonchev–Trinajstić information content (AvgIpc) is 3.32. The quantitative estimate of drug-likeness (QED) is 0.364. The second kappa shape index (κ2) is 9.00. The zero-order valence-electron chi connectivity index (χ0n) is 20.1. The van der Waals surface area contributed by atoms with E-state index in [9.17, 15) is 4.79 Å². The van der Waals surface area contributed by atoms with E-state index in [-0.39, 0.29) is 5.91 Å². The Bertz CT molecular complexity index is 1350. The Morgan fingerprint density at radius 2 is 1.77 bits per heavy atom. The second-order valence-corrected chi connectivity index (χ2v) is 10.8. The van der Waals surface area contributed by atoms with Gasteiger partial charge >= 0.3 is 0 Å². The molecular weight excluding hydrogens is 454 g/mol. The lowest BCUT2D eigenvalue weighted by Crippen LogP contribution is -2.54. The van der Waals surface area contributed by atoms with E-state index in [0.717, 1.165) is 64.8 Å². The van der Waals surface area contributed by atoms with Gasteiger partial charge in [0.1, 0.15) is 5.75 Å². The van der Waals surface area contributed by atoms with Gasteiger partial charge in [0.2, 0.25) is 0 Å². The fourth-order valence-electron chi connectivity index (χ4n) is 5.65. The van der Waals surface area contributed by atoms with Crippen molar-refractivity contribution in [3.8, 4) is 16.9 Å². The SMILES string of the molecule is COc1cccc(-c2ccc(C)cc2C(=O)N2CC3CC(C2)CN(c2nc4ccccc4s2)C3)c1. The summed E-state index contributed by atoms with van der Waals surface area (Å²) in [5.41, 5.74) is 4.92. The van der Waals surface area contributed by atoms with Crippen LogP contribution in [0.1, 0.15) is 22.3 Å². The molecule has 2 unspecified atom stereocenters. The molecule has 2 aliphatic rings. The highest BCUT2D eigenvalue weighted by atomic mass is 32.1. The van der Waals surface area contributed by atoms with Crippen molar-refractivity contribution in [3.63, 3.8) is 0 Å².